The van der Waals surface area contributed by atoms with E-state index >= 15 is 0 Å². The molecule has 0 aliphatic carbocycles. The Kier molecular flexibility index (Phi) is 8.70. The van der Waals surface area contributed by atoms with Crippen molar-refractivity contribution >= 4 is 46.6 Å². The van der Waals surface area contributed by atoms with Crippen LogP contribution < -0.4 is 5.32 Å². The average molecular weight is 434 g/mol. The summed E-state index contributed by atoms with van der Waals surface area (Å²) >= 11 is 12.3. The normalized spacial score (nSPS) is 12.2. The van der Waals surface area contributed by atoms with Crippen molar-refractivity contribution in [1.29, 1.82) is 0 Å². The Balaban J connectivity index is 2.13. The number of oxime groups is 2. The molecule has 6 nitrogen and oxygen atoms in total. The van der Waals surface area contributed by atoms with Crippen LogP contribution in [-0.4, -0.2) is 31.5 Å². The number of halogens is 2. The van der Waals surface area contributed by atoms with Gasteiger partial charge in [0.25, 0.3) is 5.91 Å². The standard InChI is InChI=1S/C21H21Cl2N3O3/c1-14(11-12-17-18(22)9-6-10-19(17)23)25-29-13-15-7-4-5-8-16(15)20(26-28-3)21(27)24-2/h4-12H,13H2,1-3H3,(H,24,27)/b12-11+,25-14-,26-20+. The van der Waals surface area contributed by atoms with Gasteiger partial charge in [-0.2, -0.15) is 0 Å². The summed E-state index contributed by atoms with van der Waals surface area (Å²) in [6.45, 7) is 1.93. The Bertz CT molecular complexity index is 936. The number of nitrogens with zero attached hydrogens (tertiary/aromatic N) is 2. The highest BCUT2D eigenvalue weighted by Crippen LogP contribution is 2.25. The van der Waals surface area contributed by atoms with Crippen LogP contribution in [0.25, 0.3) is 6.08 Å². The number of nitrogens with one attached hydrogen (secondary N) is 1. The van der Waals surface area contributed by atoms with Crippen LogP contribution in [0.3, 0.4) is 0 Å². The van der Waals surface area contributed by atoms with Crippen LogP contribution in [0.15, 0.2) is 58.9 Å². The van der Waals surface area contributed by atoms with Gasteiger partial charge in [-0.05, 0) is 25.1 Å². The number of carbonyl (C=O) groups excluding carboxylic acids is 1. The van der Waals surface area contributed by atoms with Crippen molar-refractivity contribution < 1.29 is 14.5 Å². The molecule has 0 atom stereocenters. The number of rotatable bonds is 8. The first-order valence-electron chi connectivity index (χ1n) is 8.68. The largest absolute Gasteiger partial charge is 0.398 e. The highest BCUT2D eigenvalue weighted by molar-refractivity contribution is 6.45. The molecule has 2 aromatic carbocycles. The van der Waals surface area contributed by atoms with Crippen LogP contribution in [0.4, 0.5) is 0 Å². The van der Waals surface area contributed by atoms with Gasteiger partial charge in [-0.1, -0.05) is 69.9 Å². The average Bonchev–Trinajstić information content (AvgIpc) is 2.71. The van der Waals surface area contributed by atoms with Crippen LogP contribution in [0.5, 0.6) is 0 Å². The second-order valence-electron chi connectivity index (χ2n) is 5.83. The minimum absolute atomic E-state index is 0.147. The molecular weight excluding hydrogens is 413 g/mol. The van der Waals surface area contributed by atoms with Gasteiger partial charge in [0.1, 0.15) is 13.7 Å². The van der Waals surface area contributed by atoms with Gasteiger partial charge in [-0.3, -0.25) is 4.79 Å². The van der Waals surface area contributed by atoms with Crippen LogP contribution in [0.2, 0.25) is 10.0 Å². The van der Waals surface area contributed by atoms with Crippen molar-refractivity contribution in [2.75, 3.05) is 14.2 Å². The van der Waals surface area contributed by atoms with E-state index in [9.17, 15) is 4.79 Å². The maximum Gasteiger partial charge on any atom is 0.273 e. The monoisotopic (exact) mass is 433 g/mol. The summed E-state index contributed by atoms with van der Waals surface area (Å²) in [7, 11) is 2.91. The van der Waals surface area contributed by atoms with Crippen LogP contribution in [-0.2, 0) is 21.1 Å². The van der Waals surface area contributed by atoms with E-state index in [0.717, 1.165) is 5.56 Å². The Morgan fingerprint density at radius 2 is 1.79 bits per heavy atom. The molecule has 0 spiro atoms. The Hall–Kier alpha value is -2.83. The molecule has 0 aromatic heterocycles. The first kappa shape index (κ1) is 22.5. The molecule has 8 heteroatoms. The minimum atomic E-state index is -0.362. The molecule has 2 rings (SSSR count). The molecule has 0 heterocycles. The summed E-state index contributed by atoms with van der Waals surface area (Å²) in [6, 6.07) is 12.5. The van der Waals surface area contributed by atoms with Gasteiger partial charge in [0, 0.05) is 33.8 Å². The third-order valence-electron chi connectivity index (χ3n) is 3.82. The first-order chi connectivity index (χ1) is 14.0. The molecule has 152 valence electrons. The zero-order chi connectivity index (χ0) is 21.2. The first-order valence-corrected chi connectivity index (χ1v) is 9.43. The fourth-order valence-corrected chi connectivity index (χ4v) is 2.93. The van der Waals surface area contributed by atoms with E-state index in [1.54, 1.807) is 49.4 Å². The fourth-order valence-electron chi connectivity index (χ4n) is 2.41. The van der Waals surface area contributed by atoms with E-state index in [2.05, 4.69) is 15.6 Å². The van der Waals surface area contributed by atoms with Crippen molar-refractivity contribution in [3.63, 3.8) is 0 Å². The number of benzene rings is 2. The third kappa shape index (κ3) is 6.34. The molecule has 1 amide bonds. The SMILES string of the molecule is CNC(=O)/C(=N/OC)c1ccccc1CO/N=C(C)\C=C\c1c(Cl)cccc1Cl. The zero-order valence-electron chi connectivity index (χ0n) is 16.3. The molecular formula is C21H21Cl2N3O3. The van der Waals surface area contributed by atoms with Crippen molar-refractivity contribution in [3.05, 3.63) is 75.3 Å². The van der Waals surface area contributed by atoms with Crippen LogP contribution >= 0.6 is 23.2 Å². The summed E-state index contributed by atoms with van der Waals surface area (Å²) in [5.41, 5.74) is 2.82. The van der Waals surface area contributed by atoms with Crippen LogP contribution in [0.1, 0.15) is 23.6 Å². The smallest absolute Gasteiger partial charge is 0.273 e. The molecule has 0 aliphatic rings. The van der Waals surface area contributed by atoms with E-state index in [1.807, 2.05) is 12.1 Å². The topological polar surface area (TPSA) is 72.3 Å². The fraction of sp³-hybridized carbons (Fsp3) is 0.190. The van der Waals surface area contributed by atoms with Gasteiger partial charge in [-0.15, -0.1) is 0 Å². The second kappa shape index (κ2) is 11.2. The lowest BCUT2D eigenvalue weighted by molar-refractivity contribution is -0.114. The lowest BCUT2D eigenvalue weighted by atomic mass is 10.0. The summed E-state index contributed by atoms with van der Waals surface area (Å²) in [5.74, 6) is -0.362. The molecule has 0 saturated heterocycles. The van der Waals surface area contributed by atoms with E-state index in [0.29, 0.717) is 26.9 Å². The summed E-state index contributed by atoms with van der Waals surface area (Å²) in [5, 5.41) is 11.5. The Morgan fingerprint density at radius 3 is 2.45 bits per heavy atom. The lowest BCUT2D eigenvalue weighted by Crippen LogP contribution is -2.29. The predicted molar refractivity (Wildman–Crippen MR) is 117 cm³/mol. The number of carbonyl (C=O) groups is 1. The molecule has 0 aliphatic heterocycles. The van der Waals surface area contributed by atoms with Gasteiger partial charge < -0.3 is 15.0 Å². The summed E-state index contributed by atoms with van der Waals surface area (Å²) in [4.78, 5) is 22.3. The van der Waals surface area contributed by atoms with Gasteiger partial charge in [0.05, 0.1) is 5.71 Å². The third-order valence-corrected chi connectivity index (χ3v) is 4.48. The van der Waals surface area contributed by atoms with Crippen LogP contribution in [0, 0.1) is 0 Å². The molecule has 2 aromatic rings. The molecule has 29 heavy (non-hydrogen) atoms. The molecule has 0 unspecified atom stereocenters. The highest BCUT2D eigenvalue weighted by atomic mass is 35.5. The maximum absolute atomic E-state index is 12.1. The van der Waals surface area contributed by atoms with Gasteiger partial charge in [-0.25, -0.2) is 0 Å². The molecule has 0 saturated carbocycles. The number of hydrogen-bond acceptors (Lipinski definition) is 5. The second-order valence-corrected chi connectivity index (χ2v) is 6.65. The van der Waals surface area contributed by atoms with Crippen molar-refractivity contribution in [3.8, 4) is 0 Å². The molecule has 0 bridgehead atoms. The van der Waals surface area contributed by atoms with E-state index in [-0.39, 0.29) is 18.2 Å². The quantitative estimate of drug-likeness (QED) is 0.484. The summed E-state index contributed by atoms with van der Waals surface area (Å²) in [6.07, 6.45) is 3.52. The number of hydrogen-bond donors (Lipinski definition) is 1. The zero-order valence-corrected chi connectivity index (χ0v) is 17.8. The van der Waals surface area contributed by atoms with Gasteiger partial charge in [0.2, 0.25) is 0 Å². The lowest BCUT2D eigenvalue weighted by Gasteiger charge is -2.10. The van der Waals surface area contributed by atoms with Crippen molar-refractivity contribution in [2.45, 2.75) is 13.5 Å². The number of amides is 1. The van der Waals surface area contributed by atoms with E-state index < -0.39 is 0 Å². The number of likely N-dealkylation sites (N-methyl/N-ethyl adjacent to an activating group) is 1. The molecule has 0 fully saturated rings. The van der Waals surface area contributed by atoms with Gasteiger partial charge in [0.15, 0.2) is 5.71 Å². The molecule has 1 N–H and O–H groups in total. The Morgan fingerprint density at radius 1 is 1.10 bits per heavy atom. The van der Waals surface area contributed by atoms with Crippen molar-refractivity contribution in [2.24, 2.45) is 10.3 Å². The van der Waals surface area contributed by atoms with Crippen molar-refractivity contribution in [1.82, 2.24) is 5.32 Å². The molecule has 0 radical (unpaired) electrons. The highest BCUT2D eigenvalue weighted by Gasteiger charge is 2.17. The van der Waals surface area contributed by atoms with E-state index in [4.69, 9.17) is 32.9 Å². The van der Waals surface area contributed by atoms with Gasteiger partial charge >= 0.3 is 0 Å². The predicted octanol–water partition coefficient (Wildman–Crippen LogP) is 4.70. The maximum atomic E-state index is 12.1. The van der Waals surface area contributed by atoms with E-state index in [1.165, 1.54) is 14.2 Å². The Labute approximate surface area is 179 Å². The minimum Gasteiger partial charge on any atom is -0.398 e. The number of allylic oxidation sites excluding steroid dienone is 1. The summed E-state index contributed by atoms with van der Waals surface area (Å²) < 4.78 is 0.